The number of hydrogen-bond acceptors (Lipinski definition) is 8. The van der Waals surface area contributed by atoms with Crippen LogP contribution in [0.2, 0.25) is 0 Å². The van der Waals surface area contributed by atoms with Crippen molar-refractivity contribution in [3.8, 4) is 28.2 Å². The van der Waals surface area contributed by atoms with Gasteiger partial charge in [-0.3, -0.25) is 9.36 Å². The number of benzene rings is 4. The quantitative estimate of drug-likeness (QED) is 0.142. The highest BCUT2D eigenvalue weighted by Gasteiger charge is 2.22. The van der Waals surface area contributed by atoms with E-state index in [1.54, 1.807) is 18.2 Å². The van der Waals surface area contributed by atoms with Crippen LogP contribution in [0.15, 0.2) is 83.3 Å². The van der Waals surface area contributed by atoms with Crippen molar-refractivity contribution in [3.63, 3.8) is 0 Å². The first-order chi connectivity index (χ1) is 21.3. The molecule has 1 aliphatic carbocycles. The van der Waals surface area contributed by atoms with Crippen LogP contribution in [0.5, 0.6) is 5.75 Å². The van der Waals surface area contributed by atoms with E-state index in [4.69, 9.17) is 9.31 Å². The highest BCUT2D eigenvalue weighted by atomic mass is 31.2. The van der Waals surface area contributed by atoms with Crippen molar-refractivity contribution in [2.75, 3.05) is 39.6 Å². The highest BCUT2D eigenvalue weighted by molar-refractivity contribution is 7.45. The molecule has 0 aromatic heterocycles. The van der Waals surface area contributed by atoms with Crippen LogP contribution in [0.1, 0.15) is 26.3 Å². The van der Waals surface area contributed by atoms with Crippen LogP contribution in [-0.2, 0) is 11.0 Å². The molecule has 232 valence electrons. The van der Waals surface area contributed by atoms with E-state index in [0.29, 0.717) is 39.8 Å². The fourth-order valence-electron chi connectivity index (χ4n) is 5.06. The van der Waals surface area contributed by atoms with Gasteiger partial charge >= 0.3 is 7.82 Å². The Kier molecular flexibility index (Phi) is 8.79. The molecule has 0 radical (unpaired) electrons. The van der Waals surface area contributed by atoms with Crippen LogP contribution < -0.4 is 34.7 Å². The number of carboxylic acids is 1. The molecule has 3 aromatic carbocycles. The molecule has 1 heterocycles. The number of fused-ring (bicyclic) bond motifs is 2. The maximum atomic E-state index is 13.3. The Hall–Kier alpha value is -4.96. The van der Waals surface area contributed by atoms with Gasteiger partial charge in [-0.1, -0.05) is 18.2 Å². The molecule has 12 heteroatoms. The maximum Gasteiger partial charge on any atom is 0.317 e. The molecule has 1 aliphatic heterocycles. The molecular formula is C33H31N3O8P-. The summed E-state index contributed by atoms with van der Waals surface area (Å²) in [4.78, 5) is 47.3. The number of hydrogen-bond donors (Lipinski definition) is 2. The molecule has 0 saturated heterocycles. The number of nitrogens with one attached hydrogen (secondary N) is 1. The third-order valence-corrected chi connectivity index (χ3v) is 7.78. The van der Waals surface area contributed by atoms with Gasteiger partial charge in [-0.2, -0.15) is 0 Å². The minimum Gasteiger partial charge on any atom is -0.746 e. The topological polar surface area (TPSA) is 158 Å². The van der Waals surface area contributed by atoms with Crippen molar-refractivity contribution in [2.24, 2.45) is 0 Å². The first-order valence-corrected chi connectivity index (χ1v) is 15.4. The minimum atomic E-state index is -4.90. The molecule has 3 aromatic rings. The summed E-state index contributed by atoms with van der Waals surface area (Å²) in [6, 6.07) is 21.7. The predicted octanol–water partition coefficient (Wildman–Crippen LogP) is 2.48. The average Bonchev–Trinajstić information content (AvgIpc) is 2.98. The van der Waals surface area contributed by atoms with Crippen molar-refractivity contribution in [1.82, 2.24) is 9.89 Å². The van der Waals surface area contributed by atoms with Gasteiger partial charge in [-0.05, 0) is 60.0 Å². The molecule has 1 amide bonds. The summed E-state index contributed by atoms with van der Waals surface area (Å²) in [5, 5.41) is 16.8. The number of phosphoric acid groups is 1. The standard InChI is InChI=1S/C33H32N3O8P/c1-35(2)22-8-13-26-29(18-22)43-30-19-23(36(3)4)9-14-27(30)31(26)28-17-21(7-12-25(28)33(38)39)32(37)34-16-15-20-5-10-24(11-6-20)44-45(40,41)42/h5-14,17-19H,15-16H2,1-4H3,(H3-,34,37,38,39,40,41,42)/p-1. The zero-order valence-electron chi connectivity index (χ0n) is 25.1. The van der Waals surface area contributed by atoms with E-state index in [1.807, 2.05) is 74.1 Å². The summed E-state index contributed by atoms with van der Waals surface area (Å²) in [6.45, 7) is 0.243. The van der Waals surface area contributed by atoms with Crippen molar-refractivity contribution in [2.45, 2.75) is 6.42 Å². The number of carbonyl (C=O) groups is 2. The molecule has 1 atom stereocenters. The second-order valence-electron chi connectivity index (χ2n) is 10.9. The molecule has 0 bridgehead atoms. The Morgan fingerprint density at radius 1 is 0.978 bits per heavy atom. The van der Waals surface area contributed by atoms with E-state index in [9.17, 15) is 24.2 Å². The van der Waals surface area contributed by atoms with Gasteiger partial charge in [0.25, 0.3) is 5.91 Å². The van der Waals surface area contributed by atoms with Crippen molar-refractivity contribution >= 4 is 36.4 Å². The lowest BCUT2D eigenvalue weighted by molar-refractivity contribution is -0.255. The van der Waals surface area contributed by atoms with Gasteiger partial charge in [0.2, 0.25) is 5.36 Å². The zero-order valence-corrected chi connectivity index (χ0v) is 26.0. The van der Waals surface area contributed by atoms with E-state index in [-0.39, 0.29) is 23.4 Å². The van der Waals surface area contributed by atoms with E-state index in [0.717, 1.165) is 16.6 Å². The van der Waals surface area contributed by atoms with Crippen LogP contribution in [0, 0.1) is 0 Å². The Bertz CT molecular complexity index is 2010. The minimum absolute atomic E-state index is 0.0335. The van der Waals surface area contributed by atoms with E-state index >= 15 is 0 Å². The summed E-state index contributed by atoms with van der Waals surface area (Å²) < 4.78 is 23.6. The lowest BCUT2D eigenvalue weighted by atomic mass is 9.89. The largest absolute Gasteiger partial charge is 0.746 e. The fraction of sp³-hybridized carbons (Fsp3) is 0.182. The predicted molar refractivity (Wildman–Crippen MR) is 167 cm³/mol. The van der Waals surface area contributed by atoms with Gasteiger partial charge in [0.15, 0.2) is 0 Å². The number of aromatic carboxylic acids is 1. The van der Waals surface area contributed by atoms with Gasteiger partial charge in [0.05, 0.1) is 12.0 Å². The fourth-order valence-corrected chi connectivity index (χ4v) is 5.45. The lowest BCUT2D eigenvalue weighted by Gasteiger charge is -2.20. The van der Waals surface area contributed by atoms with Gasteiger partial charge < -0.3 is 38.8 Å². The summed E-state index contributed by atoms with van der Waals surface area (Å²) in [7, 11) is 2.75. The smallest absolute Gasteiger partial charge is 0.317 e. The zero-order chi connectivity index (χ0) is 32.5. The number of nitrogens with zero attached hydrogens (tertiary/aromatic N) is 2. The van der Waals surface area contributed by atoms with Crippen LogP contribution in [0.4, 0.5) is 5.69 Å². The van der Waals surface area contributed by atoms with Crippen LogP contribution in [-0.4, -0.2) is 51.5 Å². The molecule has 45 heavy (non-hydrogen) atoms. The Morgan fingerprint density at radius 3 is 2.36 bits per heavy atom. The average molecular weight is 629 g/mol. The molecule has 0 fully saturated rings. The van der Waals surface area contributed by atoms with E-state index in [2.05, 4.69) is 9.84 Å². The SMILES string of the molecule is CN(C)c1ccc2c(-c3cc(C(=O)NCCc4ccc(OP(=O)([O-])O)cc4)ccc3C(=O)[O-])c3ccc(=[N+](C)C)cc-3oc2c1. The molecule has 1 unspecified atom stereocenters. The molecule has 11 nitrogen and oxygen atoms in total. The van der Waals surface area contributed by atoms with Gasteiger partial charge in [0.1, 0.15) is 31.2 Å². The third kappa shape index (κ3) is 7.07. The Balaban J connectivity index is 1.53. The first kappa shape index (κ1) is 31.5. The highest BCUT2D eigenvalue weighted by Crippen LogP contribution is 2.42. The summed E-state index contributed by atoms with van der Waals surface area (Å²) in [5.41, 5.74) is 4.01. The molecule has 5 rings (SSSR count). The van der Waals surface area contributed by atoms with Crippen molar-refractivity contribution < 1.29 is 38.0 Å². The second kappa shape index (κ2) is 12.6. The molecule has 0 saturated carbocycles. The summed E-state index contributed by atoms with van der Waals surface area (Å²) >= 11 is 0. The number of phosphoric ester groups is 1. The normalized spacial score (nSPS) is 12.5. The van der Waals surface area contributed by atoms with Crippen LogP contribution in [0.3, 0.4) is 0 Å². The first-order valence-electron chi connectivity index (χ1n) is 14.0. The van der Waals surface area contributed by atoms with Gasteiger partial charge in [-0.15, -0.1) is 0 Å². The number of carboxylic acid groups (broad SMARTS) is 1. The monoisotopic (exact) mass is 628 g/mol. The number of amides is 1. The van der Waals surface area contributed by atoms with Crippen LogP contribution in [0.25, 0.3) is 33.4 Å². The maximum absolute atomic E-state index is 13.3. The van der Waals surface area contributed by atoms with Crippen molar-refractivity contribution in [1.29, 1.82) is 0 Å². The Morgan fingerprint density at radius 2 is 1.71 bits per heavy atom. The lowest BCUT2D eigenvalue weighted by Crippen LogP contribution is -2.27. The summed E-state index contributed by atoms with van der Waals surface area (Å²) in [5.74, 6) is -1.27. The Labute approximate surface area is 259 Å². The molecule has 2 aliphatic rings. The molecule has 0 spiro atoms. The van der Waals surface area contributed by atoms with Crippen LogP contribution >= 0.6 is 7.82 Å². The second-order valence-corrected chi connectivity index (χ2v) is 12.0. The van der Waals surface area contributed by atoms with Gasteiger partial charge in [0, 0.05) is 66.1 Å². The van der Waals surface area contributed by atoms with Gasteiger partial charge in [-0.25, -0.2) is 4.58 Å². The summed E-state index contributed by atoms with van der Waals surface area (Å²) in [6.07, 6.45) is 0.419. The van der Waals surface area contributed by atoms with Crippen molar-refractivity contribution in [3.05, 3.63) is 101 Å². The number of anilines is 1. The van der Waals surface area contributed by atoms with E-state index < -0.39 is 19.7 Å². The number of carbonyl (C=O) groups excluding carboxylic acids is 2. The van der Waals surface area contributed by atoms with E-state index in [1.165, 1.54) is 24.3 Å². The molecule has 2 N–H and O–H groups in total. The third-order valence-electron chi connectivity index (χ3n) is 7.34. The molecular weight excluding hydrogens is 597 g/mol. The number of rotatable bonds is 9.